The second kappa shape index (κ2) is 3.96. The Hall–Kier alpha value is -1.85. The molecule has 1 N–H and O–H groups in total. The smallest absolute Gasteiger partial charge is 0.262 e. The van der Waals surface area contributed by atoms with Gasteiger partial charge in [-0.05, 0) is 5.56 Å². The number of H-pyrrole nitrogens is 1. The van der Waals surface area contributed by atoms with Gasteiger partial charge in [0.25, 0.3) is 5.82 Å². The SMILES string of the molecule is FC(F)(F)c1n[nH]c(Cc2ccccc2)n1. The number of alkyl halides is 3. The number of benzene rings is 1. The third-order valence-electron chi connectivity index (χ3n) is 2.00. The number of aromatic nitrogens is 3. The predicted octanol–water partition coefficient (Wildman–Crippen LogP) is 2.41. The van der Waals surface area contributed by atoms with Gasteiger partial charge in [-0.3, -0.25) is 5.10 Å². The highest BCUT2D eigenvalue weighted by atomic mass is 19.4. The van der Waals surface area contributed by atoms with Gasteiger partial charge >= 0.3 is 6.18 Å². The fourth-order valence-corrected chi connectivity index (χ4v) is 1.29. The van der Waals surface area contributed by atoms with Gasteiger partial charge in [0.1, 0.15) is 5.82 Å². The van der Waals surface area contributed by atoms with E-state index in [1.54, 1.807) is 0 Å². The van der Waals surface area contributed by atoms with E-state index in [9.17, 15) is 13.2 Å². The van der Waals surface area contributed by atoms with Crippen molar-refractivity contribution < 1.29 is 13.2 Å². The Kier molecular flexibility index (Phi) is 2.64. The van der Waals surface area contributed by atoms with Crippen molar-refractivity contribution >= 4 is 0 Å². The van der Waals surface area contributed by atoms with Crippen LogP contribution in [0, 0.1) is 0 Å². The Morgan fingerprint density at radius 3 is 2.38 bits per heavy atom. The Morgan fingerprint density at radius 2 is 1.81 bits per heavy atom. The summed E-state index contributed by atoms with van der Waals surface area (Å²) >= 11 is 0. The van der Waals surface area contributed by atoms with E-state index in [1.807, 2.05) is 30.3 Å². The van der Waals surface area contributed by atoms with Crippen molar-refractivity contribution in [1.29, 1.82) is 0 Å². The van der Waals surface area contributed by atoms with Crippen molar-refractivity contribution in [3.05, 3.63) is 47.5 Å². The molecule has 0 bridgehead atoms. The van der Waals surface area contributed by atoms with E-state index in [2.05, 4.69) is 15.2 Å². The molecule has 1 aromatic heterocycles. The summed E-state index contributed by atoms with van der Waals surface area (Å²) < 4.78 is 36.6. The minimum atomic E-state index is -4.49. The second-order valence-corrected chi connectivity index (χ2v) is 3.27. The van der Waals surface area contributed by atoms with Crippen LogP contribution in [0.3, 0.4) is 0 Å². The van der Waals surface area contributed by atoms with E-state index in [0.717, 1.165) is 5.56 Å². The average Bonchev–Trinajstić information content (AvgIpc) is 2.67. The first-order chi connectivity index (χ1) is 7.55. The van der Waals surface area contributed by atoms with E-state index in [-0.39, 0.29) is 5.82 Å². The van der Waals surface area contributed by atoms with E-state index in [1.165, 1.54) is 0 Å². The lowest BCUT2D eigenvalue weighted by Crippen LogP contribution is -2.07. The summed E-state index contributed by atoms with van der Waals surface area (Å²) in [4.78, 5) is 3.39. The molecule has 1 aromatic carbocycles. The quantitative estimate of drug-likeness (QED) is 0.855. The molecular formula is C10H8F3N3. The van der Waals surface area contributed by atoms with Gasteiger partial charge in [0.2, 0.25) is 0 Å². The van der Waals surface area contributed by atoms with Crippen LogP contribution in [0.2, 0.25) is 0 Å². The zero-order valence-corrected chi connectivity index (χ0v) is 8.12. The third kappa shape index (κ3) is 2.39. The molecule has 0 radical (unpaired) electrons. The van der Waals surface area contributed by atoms with Crippen molar-refractivity contribution in [2.45, 2.75) is 12.6 Å². The third-order valence-corrected chi connectivity index (χ3v) is 2.00. The molecule has 2 aromatic rings. The number of aromatic amines is 1. The van der Waals surface area contributed by atoms with Gasteiger partial charge in [-0.15, -0.1) is 5.10 Å². The summed E-state index contributed by atoms with van der Waals surface area (Å²) in [6.45, 7) is 0. The molecule has 0 spiro atoms. The van der Waals surface area contributed by atoms with E-state index >= 15 is 0 Å². The molecule has 0 amide bonds. The second-order valence-electron chi connectivity index (χ2n) is 3.27. The van der Waals surface area contributed by atoms with Gasteiger partial charge in [0.15, 0.2) is 0 Å². The first kappa shape index (κ1) is 10.7. The monoisotopic (exact) mass is 227 g/mol. The lowest BCUT2D eigenvalue weighted by Gasteiger charge is -1.98. The maximum atomic E-state index is 12.2. The van der Waals surface area contributed by atoms with Crippen molar-refractivity contribution in [2.24, 2.45) is 0 Å². The Balaban J connectivity index is 2.15. The summed E-state index contributed by atoms with van der Waals surface area (Å²) in [7, 11) is 0. The lowest BCUT2D eigenvalue weighted by molar-refractivity contribution is -0.144. The zero-order chi connectivity index (χ0) is 11.6. The van der Waals surface area contributed by atoms with Crippen molar-refractivity contribution in [2.75, 3.05) is 0 Å². The molecule has 0 atom stereocenters. The summed E-state index contributed by atoms with van der Waals surface area (Å²) in [5.74, 6) is -0.919. The normalized spacial score (nSPS) is 11.7. The molecule has 6 heteroatoms. The molecule has 2 rings (SSSR count). The highest BCUT2D eigenvalue weighted by molar-refractivity contribution is 5.18. The number of nitrogens with zero attached hydrogens (tertiary/aromatic N) is 2. The van der Waals surface area contributed by atoms with Crippen LogP contribution in [0.4, 0.5) is 13.2 Å². The van der Waals surface area contributed by atoms with Crippen molar-refractivity contribution in [3.63, 3.8) is 0 Å². The van der Waals surface area contributed by atoms with Crippen LogP contribution in [0.1, 0.15) is 17.2 Å². The Morgan fingerprint density at radius 1 is 1.12 bits per heavy atom. The highest BCUT2D eigenvalue weighted by Crippen LogP contribution is 2.25. The van der Waals surface area contributed by atoms with Gasteiger partial charge in [-0.2, -0.15) is 13.2 Å². The maximum absolute atomic E-state index is 12.2. The molecule has 3 nitrogen and oxygen atoms in total. The molecule has 84 valence electrons. The first-order valence-electron chi connectivity index (χ1n) is 4.58. The van der Waals surface area contributed by atoms with E-state index in [0.29, 0.717) is 6.42 Å². The van der Waals surface area contributed by atoms with Crippen LogP contribution < -0.4 is 0 Å². The van der Waals surface area contributed by atoms with Crippen LogP contribution in [-0.2, 0) is 12.6 Å². The predicted molar refractivity (Wildman–Crippen MR) is 50.6 cm³/mol. The number of hydrogen-bond donors (Lipinski definition) is 1. The van der Waals surface area contributed by atoms with E-state index < -0.39 is 12.0 Å². The molecule has 0 aliphatic carbocycles. The number of hydrogen-bond acceptors (Lipinski definition) is 2. The topological polar surface area (TPSA) is 41.6 Å². The van der Waals surface area contributed by atoms with Gasteiger partial charge in [-0.25, -0.2) is 4.98 Å². The fourth-order valence-electron chi connectivity index (χ4n) is 1.29. The van der Waals surface area contributed by atoms with Crippen LogP contribution in [0.5, 0.6) is 0 Å². The standard InChI is InChI=1S/C10H8F3N3/c11-10(12,13)9-14-8(15-16-9)6-7-4-2-1-3-5-7/h1-5H,6H2,(H,14,15,16). The Bertz CT molecular complexity index is 462. The molecule has 0 saturated carbocycles. The number of rotatable bonds is 2. The van der Waals surface area contributed by atoms with Gasteiger partial charge < -0.3 is 0 Å². The summed E-state index contributed by atoms with van der Waals surface area (Å²) in [5.41, 5.74) is 0.882. The molecule has 1 heterocycles. The molecule has 0 aliphatic rings. The summed E-state index contributed by atoms with van der Waals surface area (Å²) in [6, 6.07) is 9.10. The minimum absolute atomic E-state index is 0.207. The molecule has 16 heavy (non-hydrogen) atoms. The van der Waals surface area contributed by atoms with Crippen LogP contribution in [0.25, 0.3) is 0 Å². The molecular weight excluding hydrogens is 219 g/mol. The lowest BCUT2D eigenvalue weighted by atomic mass is 10.1. The molecule has 0 saturated heterocycles. The fraction of sp³-hybridized carbons (Fsp3) is 0.200. The Labute approximate surface area is 89.3 Å². The maximum Gasteiger partial charge on any atom is 0.453 e. The van der Waals surface area contributed by atoms with Crippen molar-refractivity contribution in [3.8, 4) is 0 Å². The van der Waals surface area contributed by atoms with Crippen LogP contribution >= 0.6 is 0 Å². The highest BCUT2D eigenvalue weighted by Gasteiger charge is 2.35. The zero-order valence-electron chi connectivity index (χ0n) is 8.12. The number of halogens is 3. The van der Waals surface area contributed by atoms with Gasteiger partial charge in [0, 0.05) is 6.42 Å². The van der Waals surface area contributed by atoms with Gasteiger partial charge in [0.05, 0.1) is 0 Å². The summed E-state index contributed by atoms with van der Waals surface area (Å²) in [5, 5.41) is 5.40. The largest absolute Gasteiger partial charge is 0.453 e. The molecule has 0 aliphatic heterocycles. The average molecular weight is 227 g/mol. The first-order valence-corrected chi connectivity index (χ1v) is 4.58. The van der Waals surface area contributed by atoms with Crippen LogP contribution in [0.15, 0.2) is 30.3 Å². The molecule has 0 unspecified atom stereocenters. The number of nitrogens with one attached hydrogen (secondary N) is 1. The van der Waals surface area contributed by atoms with Crippen molar-refractivity contribution in [1.82, 2.24) is 15.2 Å². The summed E-state index contributed by atoms with van der Waals surface area (Å²) in [6.07, 6.45) is -4.19. The van der Waals surface area contributed by atoms with E-state index in [4.69, 9.17) is 0 Å². The molecule has 0 fully saturated rings. The van der Waals surface area contributed by atoms with Gasteiger partial charge in [-0.1, -0.05) is 30.3 Å². The van der Waals surface area contributed by atoms with Crippen LogP contribution in [-0.4, -0.2) is 15.2 Å². The minimum Gasteiger partial charge on any atom is -0.262 e.